The van der Waals surface area contributed by atoms with Crippen molar-refractivity contribution in [2.45, 2.75) is 39.8 Å². The Balaban J connectivity index is 2.09. The first-order valence-electron chi connectivity index (χ1n) is 6.15. The summed E-state index contributed by atoms with van der Waals surface area (Å²) in [7, 11) is 0. The fourth-order valence-corrected chi connectivity index (χ4v) is 1.66. The van der Waals surface area contributed by atoms with Crippen molar-refractivity contribution in [3.05, 3.63) is 28.6 Å². The molecule has 1 amide bonds. The summed E-state index contributed by atoms with van der Waals surface area (Å²) < 4.78 is 7.44. The summed E-state index contributed by atoms with van der Waals surface area (Å²) in [4.78, 5) is 23.9. The lowest BCUT2D eigenvalue weighted by Gasteiger charge is -2.16. The Morgan fingerprint density at radius 3 is 2.65 bits per heavy atom. The zero-order valence-corrected chi connectivity index (χ0v) is 11.9. The molecule has 0 aliphatic rings. The molecule has 108 valence electrons. The molecule has 0 spiro atoms. The second kappa shape index (κ2) is 4.95. The maximum absolute atomic E-state index is 12.1. The largest absolute Gasteiger partial charge is 0.346 e. The van der Waals surface area contributed by atoms with Crippen molar-refractivity contribution in [1.82, 2.24) is 19.5 Å². The van der Waals surface area contributed by atoms with Crippen LogP contribution in [0.25, 0.3) is 0 Å². The van der Waals surface area contributed by atoms with E-state index in [9.17, 15) is 9.59 Å². The lowest BCUT2D eigenvalue weighted by molar-refractivity contribution is -0.116. The molecule has 0 unspecified atom stereocenters. The van der Waals surface area contributed by atoms with E-state index in [2.05, 4.69) is 15.6 Å². The highest BCUT2D eigenvalue weighted by molar-refractivity contribution is 5.89. The predicted octanol–water partition coefficient (Wildman–Crippen LogP) is 0.735. The van der Waals surface area contributed by atoms with E-state index in [0.717, 1.165) is 0 Å². The molecule has 0 saturated carbocycles. The molecule has 8 nitrogen and oxygen atoms in total. The molecular formula is C12H17N5O3. The molecule has 2 heterocycles. The molecule has 20 heavy (non-hydrogen) atoms. The van der Waals surface area contributed by atoms with E-state index in [1.165, 1.54) is 15.6 Å². The van der Waals surface area contributed by atoms with Crippen molar-refractivity contribution in [3.8, 4) is 0 Å². The maximum atomic E-state index is 12.1. The van der Waals surface area contributed by atoms with Crippen LogP contribution in [0.5, 0.6) is 0 Å². The Bertz CT molecular complexity index is 674. The zero-order chi connectivity index (χ0) is 14.9. The Labute approximate surface area is 115 Å². The SMILES string of the molecule is Cc1cc(NC(=O)Cn2cnn(C(C)(C)C)c2=O)on1. The highest BCUT2D eigenvalue weighted by atomic mass is 16.5. The van der Waals surface area contributed by atoms with Crippen LogP contribution < -0.4 is 11.0 Å². The average molecular weight is 279 g/mol. The van der Waals surface area contributed by atoms with Crippen molar-refractivity contribution < 1.29 is 9.32 Å². The molecule has 0 radical (unpaired) electrons. The number of nitrogens with one attached hydrogen (secondary N) is 1. The van der Waals surface area contributed by atoms with Crippen LogP contribution in [0.15, 0.2) is 21.7 Å². The van der Waals surface area contributed by atoms with Gasteiger partial charge in [0.25, 0.3) is 0 Å². The molecular weight excluding hydrogens is 262 g/mol. The number of hydrogen-bond acceptors (Lipinski definition) is 5. The van der Waals surface area contributed by atoms with Crippen LogP contribution in [0.2, 0.25) is 0 Å². The van der Waals surface area contributed by atoms with Crippen molar-refractivity contribution >= 4 is 11.8 Å². The molecule has 1 N–H and O–H groups in total. The quantitative estimate of drug-likeness (QED) is 0.893. The molecule has 0 saturated heterocycles. The molecule has 0 aliphatic heterocycles. The Hall–Kier alpha value is -2.38. The van der Waals surface area contributed by atoms with Crippen molar-refractivity contribution in [2.24, 2.45) is 0 Å². The van der Waals surface area contributed by atoms with Gasteiger partial charge in [-0.2, -0.15) is 5.10 Å². The molecule has 2 aromatic heterocycles. The molecule has 0 aromatic carbocycles. The second-order valence-electron chi connectivity index (χ2n) is 5.50. The number of hydrogen-bond donors (Lipinski definition) is 1. The van der Waals surface area contributed by atoms with Crippen LogP contribution in [0.3, 0.4) is 0 Å². The van der Waals surface area contributed by atoms with Gasteiger partial charge in [0.1, 0.15) is 12.9 Å². The third-order valence-corrected chi connectivity index (χ3v) is 2.57. The lowest BCUT2D eigenvalue weighted by Crippen LogP contribution is -2.37. The van der Waals surface area contributed by atoms with E-state index in [4.69, 9.17) is 4.52 Å². The second-order valence-corrected chi connectivity index (χ2v) is 5.50. The number of amides is 1. The van der Waals surface area contributed by atoms with Gasteiger partial charge < -0.3 is 4.52 Å². The van der Waals surface area contributed by atoms with E-state index < -0.39 is 5.54 Å². The number of nitrogens with zero attached hydrogens (tertiary/aromatic N) is 4. The van der Waals surface area contributed by atoms with Crippen molar-refractivity contribution in [2.75, 3.05) is 5.32 Å². The summed E-state index contributed by atoms with van der Waals surface area (Å²) in [6, 6.07) is 1.60. The number of aromatic nitrogens is 4. The number of carbonyl (C=O) groups is 1. The summed E-state index contributed by atoms with van der Waals surface area (Å²) in [5.41, 5.74) is -0.0969. The van der Waals surface area contributed by atoms with Crippen LogP contribution in [0, 0.1) is 6.92 Å². The van der Waals surface area contributed by atoms with Gasteiger partial charge in [0.15, 0.2) is 0 Å². The zero-order valence-electron chi connectivity index (χ0n) is 11.9. The Morgan fingerprint density at radius 2 is 2.15 bits per heavy atom. The monoisotopic (exact) mass is 279 g/mol. The maximum Gasteiger partial charge on any atom is 0.346 e. The Morgan fingerprint density at radius 1 is 1.45 bits per heavy atom. The molecule has 8 heteroatoms. The first-order chi connectivity index (χ1) is 9.27. The molecule has 0 aliphatic carbocycles. The van der Waals surface area contributed by atoms with Crippen LogP contribution >= 0.6 is 0 Å². The van der Waals surface area contributed by atoms with Gasteiger partial charge in [-0.05, 0) is 27.7 Å². The fourth-order valence-electron chi connectivity index (χ4n) is 1.66. The normalized spacial score (nSPS) is 11.6. The Kier molecular flexibility index (Phi) is 3.47. The van der Waals surface area contributed by atoms with Crippen LogP contribution in [-0.2, 0) is 16.9 Å². The minimum Gasteiger partial charge on any atom is -0.338 e. The minimum absolute atomic E-state index is 0.130. The highest BCUT2D eigenvalue weighted by Crippen LogP contribution is 2.09. The van der Waals surface area contributed by atoms with Crippen LogP contribution in [0.4, 0.5) is 5.88 Å². The molecule has 2 aromatic rings. The first kappa shape index (κ1) is 14.0. The number of aryl methyl sites for hydroxylation is 1. The number of rotatable bonds is 3. The van der Waals surface area contributed by atoms with Crippen LogP contribution in [-0.4, -0.2) is 25.4 Å². The summed E-state index contributed by atoms with van der Waals surface area (Å²) in [6.07, 6.45) is 1.35. The average Bonchev–Trinajstić information content (AvgIpc) is 2.86. The highest BCUT2D eigenvalue weighted by Gasteiger charge is 2.19. The van der Waals surface area contributed by atoms with E-state index in [-0.39, 0.29) is 24.0 Å². The van der Waals surface area contributed by atoms with Crippen molar-refractivity contribution in [1.29, 1.82) is 0 Å². The van der Waals surface area contributed by atoms with Crippen LogP contribution in [0.1, 0.15) is 26.5 Å². The fraction of sp³-hybridized carbons (Fsp3) is 0.500. The summed E-state index contributed by atoms with van der Waals surface area (Å²) in [5, 5.41) is 10.2. The standard InChI is InChI=1S/C12H17N5O3/c1-8-5-10(20-15-8)14-9(18)6-16-7-13-17(11(16)19)12(2,3)4/h5,7H,6H2,1-4H3,(H,14,18). The van der Waals surface area contributed by atoms with Gasteiger partial charge in [0.05, 0.1) is 11.2 Å². The predicted molar refractivity (Wildman–Crippen MR) is 71.4 cm³/mol. The summed E-state index contributed by atoms with van der Waals surface area (Å²) in [6.45, 7) is 7.21. The summed E-state index contributed by atoms with van der Waals surface area (Å²) in [5.74, 6) is -0.125. The lowest BCUT2D eigenvalue weighted by atomic mass is 10.1. The molecule has 0 bridgehead atoms. The minimum atomic E-state index is -0.430. The van der Waals surface area contributed by atoms with Gasteiger partial charge >= 0.3 is 5.69 Å². The van der Waals surface area contributed by atoms with Gasteiger partial charge in [-0.3, -0.25) is 14.7 Å². The topological polar surface area (TPSA) is 95.0 Å². The van der Waals surface area contributed by atoms with E-state index >= 15 is 0 Å². The third kappa shape index (κ3) is 2.95. The van der Waals surface area contributed by atoms with Gasteiger partial charge in [-0.15, -0.1) is 0 Å². The molecule has 0 atom stereocenters. The van der Waals surface area contributed by atoms with Gasteiger partial charge in [-0.1, -0.05) is 5.16 Å². The molecule has 0 fully saturated rings. The van der Waals surface area contributed by atoms with Gasteiger partial charge in [0, 0.05) is 6.07 Å². The third-order valence-electron chi connectivity index (χ3n) is 2.57. The van der Waals surface area contributed by atoms with Gasteiger partial charge in [-0.25, -0.2) is 9.48 Å². The van der Waals surface area contributed by atoms with Crippen molar-refractivity contribution in [3.63, 3.8) is 0 Å². The van der Waals surface area contributed by atoms with Gasteiger partial charge in [0.2, 0.25) is 11.8 Å². The number of carbonyl (C=O) groups excluding carboxylic acids is 1. The smallest absolute Gasteiger partial charge is 0.338 e. The summed E-state index contributed by atoms with van der Waals surface area (Å²) >= 11 is 0. The van der Waals surface area contributed by atoms with E-state index in [1.54, 1.807) is 13.0 Å². The van der Waals surface area contributed by atoms with E-state index in [0.29, 0.717) is 5.69 Å². The number of anilines is 1. The molecule has 2 rings (SSSR count). The first-order valence-corrected chi connectivity index (χ1v) is 6.15. The van der Waals surface area contributed by atoms with E-state index in [1.807, 2.05) is 20.8 Å².